The van der Waals surface area contributed by atoms with Gasteiger partial charge in [-0.25, -0.2) is 0 Å². The van der Waals surface area contributed by atoms with Crippen molar-refractivity contribution in [2.45, 2.75) is 44.0 Å². The van der Waals surface area contributed by atoms with Crippen LogP contribution >= 0.6 is 0 Å². The number of halogens is 3. The summed E-state index contributed by atoms with van der Waals surface area (Å²) in [7, 11) is 0. The molecular formula is C14H19F3N2O. The molecule has 0 radical (unpaired) electrons. The second-order valence-corrected chi connectivity index (χ2v) is 5.06. The molecule has 112 valence electrons. The molecule has 3 N–H and O–H groups in total. The SMILES string of the molecule is NNC(CC1CCCCO1)c1ccc(C(F)(F)F)cc1. The molecule has 2 unspecified atom stereocenters. The third-order valence-electron chi connectivity index (χ3n) is 3.61. The van der Waals surface area contributed by atoms with Gasteiger partial charge in [-0.05, 0) is 43.4 Å². The largest absolute Gasteiger partial charge is 0.416 e. The highest BCUT2D eigenvalue weighted by atomic mass is 19.4. The Morgan fingerprint density at radius 3 is 2.45 bits per heavy atom. The van der Waals surface area contributed by atoms with Gasteiger partial charge in [0, 0.05) is 12.6 Å². The average Bonchev–Trinajstić information content (AvgIpc) is 2.45. The van der Waals surface area contributed by atoms with Gasteiger partial charge < -0.3 is 4.74 Å². The molecule has 0 aliphatic carbocycles. The van der Waals surface area contributed by atoms with E-state index < -0.39 is 11.7 Å². The van der Waals surface area contributed by atoms with Crippen molar-refractivity contribution in [3.8, 4) is 0 Å². The van der Waals surface area contributed by atoms with Crippen molar-refractivity contribution in [1.82, 2.24) is 5.43 Å². The highest BCUT2D eigenvalue weighted by Gasteiger charge is 2.30. The molecule has 0 aromatic heterocycles. The molecule has 6 heteroatoms. The summed E-state index contributed by atoms with van der Waals surface area (Å²) in [4.78, 5) is 0. The number of hydrogen-bond acceptors (Lipinski definition) is 3. The van der Waals surface area contributed by atoms with E-state index in [1.807, 2.05) is 0 Å². The van der Waals surface area contributed by atoms with Gasteiger partial charge in [0.25, 0.3) is 0 Å². The van der Waals surface area contributed by atoms with Crippen LogP contribution in [0.4, 0.5) is 13.2 Å². The van der Waals surface area contributed by atoms with E-state index in [9.17, 15) is 13.2 Å². The van der Waals surface area contributed by atoms with E-state index in [0.29, 0.717) is 6.42 Å². The fourth-order valence-electron chi connectivity index (χ4n) is 2.46. The maximum absolute atomic E-state index is 12.5. The van der Waals surface area contributed by atoms with Crippen LogP contribution in [-0.2, 0) is 10.9 Å². The molecule has 1 aromatic rings. The van der Waals surface area contributed by atoms with Crippen LogP contribution in [0.5, 0.6) is 0 Å². The molecule has 1 aliphatic rings. The van der Waals surface area contributed by atoms with Crippen LogP contribution in [0.1, 0.15) is 42.9 Å². The van der Waals surface area contributed by atoms with E-state index in [-0.39, 0.29) is 12.1 Å². The molecule has 1 aromatic carbocycles. The second kappa shape index (κ2) is 6.56. The number of hydrazine groups is 1. The number of ether oxygens (including phenoxy) is 1. The summed E-state index contributed by atoms with van der Waals surface area (Å²) < 4.78 is 43.2. The van der Waals surface area contributed by atoms with E-state index in [4.69, 9.17) is 10.6 Å². The number of rotatable bonds is 4. The minimum atomic E-state index is -4.31. The molecule has 1 heterocycles. The maximum atomic E-state index is 12.5. The molecule has 20 heavy (non-hydrogen) atoms. The molecule has 2 rings (SSSR count). The molecule has 0 amide bonds. The number of nitrogens with one attached hydrogen (secondary N) is 1. The van der Waals surface area contributed by atoms with Crippen LogP contribution in [0.2, 0.25) is 0 Å². The minimum absolute atomic E-state index is 0.118. The monoisotopic (exact) mass is 288 g/mol. The van der Waals surface area contributed by atoms with E-state index in [1.165, 1.54) is 12.1 Å². The molecule has 1 saturated heterocycles. The van der Waals surface area contributed by atoms with Crippen molar-refractivity contribution >= 4 is 0 Å². The van der Waals surface area contributed by atoms with Crippen molar-refractivity contribution in [2.24, 2.45) is 5.84 Å². The first-order valence-electron chi connectivity index (χ1n) is 6.75. The number of alkyl halides is 3. The minimum Gasteiger partial charge on any atom is -0.378 e. The smallest absolute Gasteiger partial charge is 0.378 e. The molecular weight excluding hydrogens is 269 g/mol. The third kappa shape index (κ3) is 3.94. The topological polar surface area (TPSA) is 47.3 Å². The quantitative estimate of drug-likeness (QED) is 0.661. The Morgan fingerprint density at radius 2 is 1.95 bits per heavy atom. The average molecular weight is 288 g/mol. The highest BCUT2D eigenvalue weighted by Crippen LogP contribution is 2.31. The molecule has 0 bridgehead atoms. The predicted molar refractivity (Wildman–Crippen MR) is 69.7 cm³/mol. The van der Waals surface area contributed by atoms with E-state index in [2.05, 4.69) is 5.43 Å². The Labute approximate surface area is 116 Å². The fraction of sp³-hybridized carbons (Fsp3) is 0.571. The van der Waals surface area contributed by atoms with Gasteiger partial charge in [0.1, 0.15) is 0 Å². The normalized spacial score (nSPS) is 21.7. The number of hydrogen-bond donors (Lipinski definition) is 2. The lowest BCUT2D eigenvalue weighted by molar-refractivity contribution is -0.137. The van der Waals surface area contributed by atoms with Crippen LogP contribution in [0.25, 0.3) is 0 Å². The van der Waals surface area contributed by atoms with E-state index in [0.717, 1.165) is 43.6 Å². The van der Waals surface area contributed by atoms with Crippen LogP contribution in [0.15, 0.2) is 24.3 Å². The number of benzene rings is 1. The zero-order valence-corrected chi connectivity index (χ0v) is 11.1. The summed E-state index contributed by atoms with van der Waals surface area (Å²) in [5.74, 6) is 5.52. The maximum Gasteiger partial charge on any atom is 0.416 e. The molecule has 2 atom stereocenters. The van der Waals surface area contributed by atoms with Crippen molar-refractivity contribution in [3.05, 3.63) is 35.4 Å². The van der Waals surface area contributed by atoms with Crippen LogP contribution in [-0.4, -0.2) is 12.7 Å². The summed E-state index contributed by atoms with van der Waals surface area (Å²) in [6.45, 7) is 0.745. The molecule has 0 saturated carbocycles. The van der Waals surface area contributed by atoms with E-state index in [1.54, 1.807) is 0 Å². The number of nitrogens with two attached hydrogens (primary N) is 1. The van der Waals surface area contributed by atoms with Gasteiger partial charge in [0.15, 0.2) is 0 Å². The third-order valence-corrected chi connectivity index (χ3v) is 3.61. The molecule has 1 fully saturated rings. The van der Waals surface area contributed by atoms with Gasteiger partial charge in [-0.15, -0.1) is 0 Å². The van der Waals surface area contributed by atoms with Gasteiger partial charge >= 0.3 is 6.18 Å². The standard InChI is InChI=1S/C14H19F3N2O/c15-14(16,17)11-6-4-10(5-7-11)13(19-18)9-12-3-1-2-8-20-12/h4-7,12-13,19H,1-3,8-9,18H2. The zero-order valence-electron chi connectivity index (χ0n) is 11.1. The lowest BCUT2D eigenvalue weighted by Gasteiger charge is -2.27. The Kier molecular flexibility index (Phi) is 5.01. The molecule has 3 nitrogen and oxygen atoms in total. The summed E-state index contributed by atoms with van der Waals surface area (Å²) in [5, 5.41) is 0. The van der Waals surface area contributed by atoms with Crippen LogP contribution in [0, 0.1) is 0 Å². The first kappa shape index (κ1) is 15.3. The summed E-state index contributed by atoms with van der Waals surface area (Å²) in [5.41, 5.74) is 2.76. The first-order valence-corrected chi connectivity index (χ1v) is 6.75. The lowest BCUT2D eigenvalue weighted by atomic mass is 9.96. The van der Waals surface area contributed by atoms with Gasteiger partial charge in [0.2, 0.25) is 0 Å². The Bertz CT molecular complexity index is 413. The van der Waals surface area contributed by atoms with Gasteiger partial charge in [-0.1, -0.05) is 12.1 Å². The summed E-state index contributed by atoms with van der Waals surface area (Å²) in [6.07, 6.45) is -0.365. The Morgan fingerprint density at radius 1 is 1.25 bits per heavy atom. The molecule has 0 spiro atoms. The van der Waals surface area contributed by atoms with Gasteiger partial charge in [-0.3, -0.25) is 11.3 Å². The van der Waals surface area contributed by atoms with Gasteiger partial charge in [-0.2, -0.15) is 13.2 Å². The zero-order chi connectivity index (χ0) is 14.6. The van der Waals surface area contributed by atoms with Crippen molar-refractivity contribution in [1.29, 1.82) is 0 Å². The van der Waals surface area contributed by atoms with Crippen LogP contribution < -0.4 is 11.3 Å². The Balaban J connectivity index is 2.03. The van der Waals surface area contributed by atoms with Gasteiger partial charge in [0.05, 0.1) is 11.7 Å². The summed E-state index contributed by atoms with van der Waals surface area (Å²) in [6, 6.07) is 4.91. The van der Waals surface area contributed by atoms with Crippen LogP contribution in [0.3, 0.4) is 0 Å². The highest BCUT2D eigenvalue weighted by molar-refractivity contribution is 5.26. The second-order valence-electron chi connectivity index (χ2n) is 5.06. The fourth-order valence-corrected chi connectivity index (χ4v) is 2.46. The van der Waals surface area contributed by atoms with E-state index >= 15 is 0 Å². The van der Waals surface area contributed by atoms with Crippen molar-refractivity contribution in [2.75, 3.05) is 6.61 Å². The van der Waals surface area contributed by atoms with Crippen molar-refractivity contribution < 1.29 is 17.9 Å². The Hall–Kier alpha value is -1.11. The predicted octanol–water partition coefficient (Wildman–Crippen LogP) is 3.17. The van der Waals surface area contributed by atoms with Crippen molar-refractivity contribution in [3.63, 3.8) is 0 Å². The lowest BCUT2D eigenvalue weighted by Crippen LogP contribution is -2.32. The first-order chi connectivity index (χ1) is 9.50. The summed E-state index contributed by atoms with van der Waals surface area (Å²) >= 11 is 0. The molecule has 1 aliphatic heterocycles.